The molecule has 0 atom stereocenters. The molecule has 3 rings (SSSR count). The highest BCUT2D eigenvalue weighted by molar-refractivity contribution is 9.10. The molecule has 0 spiro atoms. The molecule has 0 aliphatic carbocycles. The van der Waals surface area contributed by atoms with E-state index in [1.807, 2.05) is 38.1 Å². The van der Waals surface area contributed by atoms with Crippen molar-refractivity contribution in [3.63, 3.8) is 0 Å². The summed E-state index contributed by atoms with van der Waals surface area (Å²) in [7, 11) is 0. The molecule has 0 unspecified atom stereocenters. The standard InChI is InChI=1S/C15H14BrN5OS/c1-9(2)14-19-20-15(23-14)18-13(22)12-7-21(8-17-12)11-5-3-10(16)4-6-11/h3-9H,1-2H3,(H,18,20,22). The summed E-state index contributed by atoms with van der Waals surface area (Å²) >= 11 is 4.77. The van der Waals surface area contributed by atoms with Crippen molar-refractivity contribution >= 4 is 38.3 Å². The zero-order valence-electron chi connectivity index (χ0n) is 12.5. The Morgan fingerprint density at radius 1 is 1.26 bits per heavy atom. The minimum Gasteiger partial charge on any atom is -0.305 e. The van der Waals surface area contributed by atoms with Crippen LogP contribution in [0.15, 0.2) is 41.3 Å². The van der Waals surface area contributed by atoms with Crippen LogP contribution in [-0.2, 0) is 0 Å². The van der Waals surface area contributed by atoms with Crippen LogP contribution in [0.4, 0.5) is 5.13 Å². The summed E-state index contributed by atoms with van der Waals surface area (Å²) in [5.41, 5.74) is 1.26. The zero-order valence-corrected chi connectivity index (χ0v) is 14.9. The van der Waals surface area contributed by atoms with E-state index in [0.29, 0.717) is 10.8 Å². The molecule has 1 N–H and O–H groups in total. The number of hydrogen-bond acceptors (Lipinski definition) is 5. The summed E-state index contributed by atoms with van der Waals surface area (Å²) in [4.78, 5) is 16.4. The number of nitrogens with one attached hydrogen (secondary N) is 1. The van der Waals surface area contributed by atoms with Gasteiger partial charge in [0.15, 0.2) is 0 Å². The van der Waals surface area contributed by atoms with Gasteiger partial charge in [0.1, 0.15) is 17.0 Å². The van der Waals surface area contributed by atoms with Crippen LogP contribution in [-0.4, -0.2) is 25.7 Å². The number of anilines is 1. The van der Waals surface area contributed by atoms with Gasteiger partial charge in [0, 0.05) is 22.3 Å². The summed E-state index contributed by atoms with van der Waals surface area (Å²) in [6.07, 6.45) is 3.29. The molecule has 6 nitrogen and oxygen atoms in total. The highest BCUT2D eigenvalue weighted by Gasteiger charge is 2.14. The van der Waals surface area contributed by atoms with Gasteiger partial charge in [-0.2, -0.15) is 0 Å². The molecule has 2 aromatic heterocycles. The average Bonchev–Trinajstić information content (AvgIpc) is 3.17. The lowest BCUT2D eigenvalue weighted by Gasteiger charge is -2.01. The quantitative estimate of drug-likeness (QED) is 0.732. The van der Waals surface area contributed by atoms with Gasteiger partial charge in [0.05, 0.1) is 0 Å². The molecular weight excluding hydrogens is 378 g/mol. The third kappa shape index (κ3) is 3.65. The van der Waals surface area contributed by atoms with Crippen molar-refractivity contribution in [3.8, 4) is 5.69 Å². The largest absolute Gasteiger partial charge is 0.305 e. The minimum atomic E-state index is -0.299. The molecule has 3 aromatic rings. The van der Waals surface area contributed by atoms with Crippen molar-refractivity contribution in [2.24, 2.45) is 0 Å². The fourth-order valence-corrected chi connectivity index (χ4v) is 2.88. The molecule has 8 heteroatoms. The highest BCUT2D eigenvalue weighted by Crippen LogP contribution is 2.22. The number of nitrogens with zero attached hydrogens (tertiary/aromatic N) is 4. The van der Waals surface area contributed by atoms with Crippen LogP contribution in [0.25, 0.3) is 5.69 Å². The molecule has 1 amide bonds. The summed E-state index contributed by atoms with van der Waals surface area (Å²) in [6, 6.07) is 7.74. The van der Waals surface area contributed by atoms with Crippen molar-refractivity contribution in [1.82, 2.24) is 19.7 Å². The number of amides is 1. The number of benzene rings is 1. The fraction of sp³-hybridized carbons (Fsp3) is 0.200. The number of hydrogen-bond donors (Lipinski definition) is 1. The van der Waals surface area contributed by atoms with Gasteiger partial charge in [-0.05, 0) is 24.3 Å². The first kappa shape index (κ1) is 15.8. The summed E-state index contributed by atoms with van der Waals surface area (Å²) < 4.78 is 2.79. The third-order valence-corrected chi connectivity index (χ3v) is 4.76. The first-order valence-corrected chi connectivity index (χ1v) is 8.58. The Balaban J connectivity index is 1.74. The zero-order chi connectivity index (χ0) is 16.4. The van der Waals surface area contributed by atoms with E-state index in [9.17, 15) is 4.79 Å². The first-order valence-electron chi connectivity index (χ1n) is 6.97. The Morgan fingerprint density at radius 3 is 2.65 bits per heavy atom. The second kappa shape index (κ2) is 6.59. The Bertz CT molecular complexity index is 825. The van der Waals surface area contributed by atoms with Gasteiger partial charge < -0.3 is 4.57 Å². The Morgan fingerprint density at radius 2 is 2.00 bits per heavy atom. The average molecular weight is 392 g/mol. The van der Waals surface area contributed by atoms with Crippen molar-refractivity contribution in [3.05, 3.63) is 52.0 Å². The number of carbonyl (C=O) groups excluding carboxylic acids is 1. The van der Waals surface area contributed by atoms with Crippen molar-refractivity contribution in [2.75, 3.05) is 5.32 Å². The molecule has 0 saturated carbocycles. The Kier molecular flexibility index (Phi) is 4.53. The van der Waals surface area contributed by atoms with Gasteiger partial charge in [0.2, 0.25) is 5.13 Å². The number of aromatic nitrogens is 4. The summed E-state index contributed by atoms with van der Waals surface area (Å²) in [6.45, 7) is 4.07. The van der Waals surface area contributed by atoms with Crippen LogP contribution in [0, 0.1) is 0 Å². The molecular formula is C15H14BrN5OS. The number of rotatable bonds is 4. The number of carbonyl (C=O) groups is 1. The van der Waals surface area contributed by atoms with E-state index >= 15 is 0 Å². The van der Waals surface area contributed by atoms with Crippen LogP contribution in [0.2, 0.25) is 0 Å². The van der Waals surface area contributed by atoms with Gasteiger partial charge >= 0.3 is 0 Å². The van der Waals surface area contributed by atoms with Crippen molar-refractivity contribution in [1.29, 1.82) is 0 Å². The highest BCUT2D eigenvalue weighted by atomic mass is 79.9. The molecule has 23 heavy (non-hydrogen) atoms. The maximum Gasteiger partial charge on any atom is 0.277 e. The van der Waals surface area contributed by atoms with Gasteiger partial charge in [-0.25, -0.2) is 4.98 Å². The third-order valence-electron chi connectivity index (χ3n) is 3.09. The minimum absolute atomic E-state index is 0.287. The fourth-order valence-electron chi connectivity index (χ4n) is 1.87. The first-order chi connectivity index (χ1) is 11.0. The number of halogens is 1. The smallest absolute Gasteiger partial charge is 0.277 e. The normalized spacial score (nSPS) is 11.0. The van der Waals surface area contributed by atoms with Crippen LogP contribution >= 0.6 is 27.3 Å². The number of imidazole rings is 1. The summed E-state index contributed by atoms with van der Waals surface area (Å²) in [5, 5.41) is 12.1. The maximum atomic E-state index is 12.2. The van der Waals surface area contributed by atoms with E-state index in [0.717, 1.165) is 15.2 Å². The Labute approximate surface area is 145 Å². The van der Waals surface area contributed by atoms with E-state index in [-0.39, 0.29) is 11.8 Å². The van der Waals surface area contributed by atoms with E-state index in [1.54, 1.807) is 17.1 Å². The van der Waals surface area contributed by atoms with Crippen molar-refractivity contribution in [2.45, 2.75) is 19.8 Å². The lowest BCUT2D eigenvalue weighted by Crippen LogP contribution is -2.12. The molecule has 1 aromatic carbocycles. The van der Waals surface area contributed by atoms with Gasteiger partial charge in [-0.15, -0.1) is 10.2 Å². The molecule has 0 aliphatic heterocycles. The molecule has 118 valence electrons. The molecule has 0 fully saturated rings. The predicted molar refractivity (Wildman–Crippen MR) is 93.2 cm³/mol. The van der Waals surface area contributed by atoms with Gasteiger partial charge in [-0.1, -0.05) is 41.1 Å². The molecule has 0 aliphatic rings. The van der Waals surface area contributed by atoms with Gasteiger partial charge in [0.25, 0.3) is 5.91 Å². The topological polar surface area (TPSA) is 72.7 Å². The maximum absolute atomic E-state index is 12.2. The van der Waals surface area contributed by atoms with E-state index < -0.39 is 0 Å². The van der Waals surface area contributed by atoms with Crippen LogP contribution in [0.5, 0.6) is 0 Å². The van der Waals surface area contributed by atoms with Crippen molar-refractivity contribution < 1.29 is 4.79 Å². The van der Waals surface area contributed by atoms with E-state index in [1.165, 1.54) is 11.3 Å². The second-order valence-corrected chi connectivity index (χ2v) is 7.12. The Hall–Kier alpha value is -2.06. The molecule has 0 bridgehead atoms. The predicted octanol–water partition coefficient (Wildman–Crippen LogP) is 3.86. The van der Waals surface area contributed by atoms with Gasteiger partial charge in [-0.3, -0.25) is 10.1 Å². The molecule has 0 radical (unpaired) electrons. The van der Waals surface area contributed by atoms with Crippen LogP contribution in [0.1, 0.15) is 35.3 Å². The second-order valence-electron chi connectivity index (χ2n) is 5.20. The lowest BCUT2D eigenvalue weighted by molar-refractivity contribution is 0.102. The van der Waals surface area contributed by atoms with Crippen LogP contribution < -0.4 is 5.32 Å². The monoisotopic (exact) mass is 391 g/mol. The molecule has 2 heterocycles. The lowest BCUT2D eigenvalue weighted by atomic mass is 10.2. The van der Waals surface area contributed by atoms with E-state index in [4.69, 9.17) is 0 Å². The van der Waals surface area contributed by atoms with E-state index in [2.05, 4.69) is 36.4 Å². The SMILES string of the molecule is CC(C)c1nnc(NC(=O)c2cn(-c3ccc(Br)cc3)cn2)s1. The summed E-state index contributed by atoms with van der Waals surface area (Å²) in [5.74, 6) is -0.0120. The van der Waals surface area contributed by atoms with Crippen LogP contribution in [0.3, 0.4) is 0 Å². The molecule has 0 saturated heterocycles.